The molecule has 0 aromatic carbocycles. The minimum absolute atomic E-state index is 0.0200. The van der Waals surface area contributed by atoms with Crippen molar-refractivity contribution in [1.82, 2.24) is 10.2 Å². The molecule has 2 aliphatic heterocycles. The van der Waals surface area contributed by atoms with Gasteiger partial charge in [0.1, 0.15) is 0 Å². The van der Waals surface area contributed by atoms with E-state index in [4.69, 9.17) is 0 Å². The molecule has 0 aromatic rings. The SMILES string of the molecule is CC1CCN(C2CC(=O)NC2=O)C1CO. The van der Waals surface area contributed by atoms with Crippen molar-refractivity contribution < 1.29 is 14.7 Å². The van der Waals surface area contributed by atoms with Gasteiger partial charge in [-0.1, -0.05) is 6.92 Å². The molecule has 0 aliphatic carbocycles. The quantitative estimate of drug-likeness (QED) is 0.582. The second kappa shape index (κ2) is 3.90. The van der Waals surface area contributed by atoms with Crippen molar-refractivity contribution in [2.24, 2.45) is 5.92 Å². The lowest BCUT2D eigenvalue weighted by molar-refractivity contribution is -0.126. The molecule has 0 radical (unpaired) electrons. The van der Waals surface area contributed by atoms with Gasteiger partial charge in [-0.3, -0.25) is 19.8 Å². The van der Waals surface area contributed by atoms with Crippen LogP contribution in [-0.2, 0) is 9.59 Å². The molecule has 0 spiro atoms. The summed E-state index contributed by atoms with van der Waals surface area (Å²) in [5.74, 6) is -0.0349. The molecule has 0 saturated carbocycles. The topological polar surface area (TPSA) is 69.6 Å². The van der Waals surface area contributed by atoms with Gasteiger partial charge in [-0.2, -0.15) is 0 Å². The van der Waals surface area contributed by atoms with E-state index in [1.54, 1.807) is 0 Å². The second-order valence-corrected chi connectivity index (χ2v) is 4.39. The van der Waals surface area contributed by atoms with Crippen LogP contribution < -0.4 is 5.32 Å². The van der Waals surface area contributed by atoms with Gasteiger partial charge in [-0.25, -0.2) is 0 Å². The van der Waals surface area contributed by atoms with Crippen molar-refractivity contribution in [1.29, 1.82) is 0 Å². The Labute approximate surface area is 88.4 Å². The Morgan fingerprint density at radius 2 is 2.27 bits per heavy atom. The lowest BCUT2D eigenvalue weighted by Crippen LogP contribution is -2.46. The van der Waals surface area contributed by atoms with E-state index in [0.29, 0.717) is 5.92 Å². The number of hydrogen-bond donors (Lipinski definition) is 2. The lowest BCUT2D eigenvalue weighted by Gasteiger charge is -2.28. The average Bonchev–Trinajstić information content (AvgIpc) is 2.69. The van der Waals surface area contributed by atoms with Crippen LogP contribution in [0, 0.1) is 5.92 Å². The summed E-state index contributed by atoms with van der Waals surface area (Å²) in [6.07, 6.45) is 1.21. The molecule has 0 aromatic heterocycles. The lowest BCUT2D eigenvalue weighted by atomic mass is 10.0. The molecule has 84 valence electrons. The molecule has 5 heteroatoms. The Hall–Kier alpha value is -0.940. The smallest absolute Gasteiger partial charge is 0.244 e. The maximum Gasteiger partial charge on any atom is 0.244 e. The number of imide groups is 1. The van der Waals surface area contributed by atoms with Gasteiger partial charge < -0.3 is 5.11 Å². The van der Waals surface area contributed by atoms with E-state index in [9.17, 15) is 14.7 Å². The first-order valence-corrected chi connectivity index (χ1v) is 5.33. The van der Waals surface area contributed by atoms with Gasteiger partial charge in [-0.05, 0) is 18.9 Å². The average molecular weight is 212 g/mol. The number of aliphatic hydroxyl groups is 1. The molecule has 2 saturated heterocycles. The Bertz CT molecular complexity index is 292. The molecule has 2 aliphatic rings. The molecular weight excluding hydrogens is 196 g/mol. The fourth-order valence-corrected chi connectivity index (χ4v) is 2.52. The molecular formula is C10H16N2O3. The fraction of sp³-hybridized carbons (Fsp3) is 0.800. The highest BCUT2D eigenvalue weighted by atomic mass is 16.3. The summed E-state index contributed by atoms with van der Waals surface area (Å²) in [5, 5.41) is 11.6. The van der Waals surface area contributed by atoms with Gasteiger partial charge in [-0.15, -0.1) is 0 Å². The van der Waals surface area contributed by atoms with Gasteiger partial charge >= 0.3 is 0 Å². The van der Waals surface area contributed by atoms with Crippen LogP contribution in [0.15, 0.2) is 0 Å². The van der Waals surface area contributed by atoms with Gasteiger partial charge in [0, 0.05) is 6.04 Å². The minimum Gasteiger partial charge on any atom is -0.395 e. The number of carbonyl (C=O) groups excluding carboxylic acids is 2. The zero-order valence-electron chi connectivity index (χ0n) is 8.77. The third-order valence-corrected chi connectivity index (χ3v) is 3.46. The standard InChI is InChI=1S/C10H16N2O3/c1-6-2-3-12(8(6)5-13)7-4-9(14)11-10(7)15/h6-8,13H,2-5H2,1H3,(H,11,14,15). The van der Waals surface area contributed by atoms with E-state index in [1.165, 1.54) is 0 Å². The van der Waals surface area contributed by atoms with Gasteiger partial charge in [0.25, 0.3) is 0 Å². The number of rotatable bonds is 2. The fourth-order valence-electron chi connectivity index (χ4n) is 2.52. The molecule has 2 amide bonds. The number of nitrogens with zero attached hydrogens (tertiary/aromatic N) is 1. The highest BCUT2D eigenvalue weighted by molar-refractivity contribution is 6.05. The summed E-state index contributed by atoms with van der Waals surface area (Å²) in [6, 6.07) is -0.341. The van der Waals surface area contributed by atoms with Crippen molar-refractivity contribution in [3.8, 4) is 0 Å². The molecule has 15 heavy (non-hydrogen) atoms. The van der Waals surface area contributed by atoms with Crippen molar-refractivity contribution in [2.75, 3.05) is 13.2 Å². The van der Waals surface area contributed by atoms with Crippen LogP contribution in [0.1, 0.15) is 19.8 Å². The van der Waals surface area contributed by atoms with Crippen LogP contribution in [0.3, 0.4) is 0 Å². The minimum atomic E-state index is -0.361. The van der Waals surface area contributed by atoms with E-state index in [2.05, 4.69) is 12.2 Å². The zero-order valence-corrected chi connectivity index (χ0v) is 8.77. The van der Waals surface area contributed by atoms with Crippen LogP contribution in [0.5, 0.6) is 0 Å². The molecule has 3 atom stereocenters. The second-order valence-electron chi connectivity index (χ2n) is 4.39. The maximum atomic E-state index is 11.5. The van der Waals surface area contributed by atoms with E-state index in [0.717, 1.165) is 13.0 Å². The van der Waals surface area contributed by atoms with Crippen LogP contribution >= 0.6 is 0 Å². The van der Waals surface area contributed by atoms with Crippen LogP contribution in [-0.4, -0.2) is 47.1 Å². The molecule has 3 unspecified atom stereocenters. The number of aliphatic hydroxyl groups excluding tert-OH is 1. The Kier molecular flexibility index (Phi) is 2.75. The zero-order chi connectivity index (χ0) is 11.0. The number of hydrogen-bond acceptors (Lipinski definition) is 4. The van der Waals surface area contributed by atoms with Crippen LogP contribution in [0.25, 0.3) is 0 Å². The number of likely N-dealkylation sites (tertiary alicyclic amines) is 1. The first-order valence-electron chi connectivity index (χ1n) is 5.33. The van der Waals surface area contributed by atoms with Crippen molar-refractivity contribution in [2.45, 2.75) is 31.8 Å². The van der Waals surface area contributed by atoms with Crippen molar-refractivity contribution in [3.05, 3.63) is 0 Å². The molecule has 0 bridgehead atoms. The van der Waals surface area contributed by atoms with E-state index >= 15 is 0 Å². The number of carbonyl (C=O) groups is 2. The molecule has 2 N–H and O–H groups in total. The Morgan fingerprint density at radius 3 is 2.80 bits per heavy atom. The predicted octanol–water partition coefficient (Wildman–Crippen LogP) is -0.896. The third kappa shape index (κ3) is 1.77. The van der Waals surface area contributed by atoms with Crippen molar-refractivity contribution in [3.63, 3.8) is 0 Å². The van der Waals surface area contributed by atoms with Crippen LogP contribution in [0.2, 0.25) is 0 Å². The predicted molar refractivity (Wildman–Crippen MR) is 52.9 cm³/mol. The highest BCUT2D eigenvalue weighted by Gasteiger charge is 2.42. The largest absolute Gasteiger partial charge is 0.395 e. The summed E-state index contributed by atoms with van der Waals surface area (Å²) in [6.45, 7) is 2.91. The molecule has 2 rings (SSSR count). The summed E-state index contributed by atoms with van der Waals surface area (Å²) >= 11 is 0. The summed E-state index contributed by atoms with van der Waals surface area (Å²) in [5.41, 5.74) is 0. The molecule has 5 nitrogen and oxygen atoms in total. The normalized spacial score (nSPS) is 37.3. The van der Waals surface area contributed by atoms with Crippen molar-refractivity contribution >= 4 is 11.8 Å². The van der Waals surface area contributed by atoms with E-state index < -0.39 is 0 Å². The Balaban J connectivity index is 2.10. The highest BCUT2D eigenvalue weighted by Crippen LogP contribution is 2.27. The first kappa shape index (κ1) is 10.6. The molecule has 2 heterocycles. The first-order chi connectivity index (χ1) is 7.13. The van der Waals surface area contributed by atoms with Gasteiger partial charge in [0.05, 0.1) is 19.1 Å². The van der Waals surface area contributed by atoms with Gasteiger partial charge in [0.15, 0.2) is 0 Å². The summed E-state index contributed by atoms with van der Waals surface area (Å²) < 4.78 is 0. The van der Waals surface area contributed by atoms with E-state index in [1.807, 2.05) is 4.90 Å². The number of nitrogens with one attached hydrogen (secondary N) is 1. The monoisotopic (exact) mass is 212 g/mol. The van der Waals surface area contributed by atoms with E-state index in [-0.39, 0.29) is 36.9 Å². The number of amides is 2. The summed E-state index contributed by atoms with van der Waals surface area (Å²) in [7, 11) is 0. The van der Waals surface area contributed by atoms with Crippen LogP contribution in [0.4, 0.5) is 0 Å². The maximum absolute atomic E-state index is 11.5. The third-order valence-electron chi connectivity index (χ3n) is 3.46. The van der Waals surface area contributed by atoms with Gasteiger partial charge in [0.2, 0.25) is 11.8 Å². The summed E-state index contributed by atoms with van der Waals surface area (Å²) in [4.78, 5) is 24.5. The molecule has 2 fully saturated rings. The Morgan fingerprint density at radius 1 is 1.53 bits per heavy atom.